The van der Waals surface area contributed by atoms with Gasteiger partial charge in [-0.25, -0.2) is 13.1 Å². The van der Waals surface area contributed by atoms with Crippen molar-refractivity contribution in [2.75, 3.05) is 31.7 Å². The number of carbonyl (C=O) groups excluding carboxylic acids is 1. The average molecular weight is 607 g/mol. The topological polar surface area (TPSA) is 88.4 Å². The number of ether oxygens (including phenoxy) is 1. The molecule has 0 bridgehead atoms. The summed E-state index contributed by atoms with van der Waals surface area (Å²) in [5.74, 6) is 0.480. The lowest BCUT2D eigenvalue weighted by Gasteiger charge is -2.15. The molecule has 1 unspecified atom stereocenters. The normalized spacial score (nSPS) is 12.6. The minimum atomic E-state index is -3.37. The molecule has 228 valence electrons. The van der Waals surface area contributed by atoms with Crippen LogP contribution >= 0.6 is 23.1 Å². The molecule has 1 amide bonds. The fraction of sp³-hybridized carbons (Fsp3) is 0.862. The van der Waals surface area contributed by atoms with Gasteiger partial charge in [-0.3, -0.25) is 4.79 Å². The molecule has 0 spiro atoms. The molecule has 2 N–H and O–H groups in total. The molecule has 1 atom stereocenters. The lowest BCUT2D eigenvalue weighted by Crippen LogP contribution is -2.38. The van der Waals surface area contributed by atoms with E-state index in [1.54, 1.807) is 18.4 Å². The van der Waals surface area contributed by atoms with Gasteiger partial charge in [-0.15, -0.1) is 0 Å². The van der Waals surface area contributed by atoms with Crippen molar-refractivity contribution < 1.29 is 22.5 Å². The fourth-order valence-electron chi connectivity index (χ4n) is 4.41. The van der Waals surface area contributed by atoms with Crippen molar-refractivity contribution in [2.45, 2.75) is 129 Å². The molecule has 1 aromatic rings. The first-order valence-electron chi connectivity index (χ1n) is 15.3. The molecule has 0 aliphatic carbocycles. The quantitative estimate of drug-likeness (QED) is 0.0827. The summed E-state index contributed by atoms with van der Waals surface area (Å²) in [6, 6.07) is 0. The van der Waals surface area contributed by atoms with Crippen molar-refractivity contribution in [3.63, 3.8) is 0 Å². The summed E-state index contributed by atoms with van der Waals surface area (Å²) in [6.07, 6.45) is 23.5. The predicted molar refractivity (Wildman–Crippen MR) is 167 cm³/mol. The molecule has 1 aromatic heterocycles. The monoisotopic (exact) mass is 606 g/mol. The van der Waals surface area contributed by atoms with E-state index < -0.39 is 10.0 Å². The SMILES string of the molecule is CCCCCCCCCCCCCCCCCCNC(=O)SCC(CNS(=O)(=O)CCC[n+]1ccsc1)OC. The Kier molecular flexibility index (Phi) is 23.4. The number of thioether (sulfide) groups is 1. The number of amides is 1. The Morgan fingerprint density at radius 1 is 0.897 bits per heavy atom. The number of nitrogens with one attached hydrogen (secondary N) is 2. The molecule has 0 saturated carbocycles. The number of hydrogen-bond acceptors (Lipinski definition) is 6. The maximum atomic E-state index is 12.2. The summed E-state index contributed by atoms with van der Waals surface area (Å²) in [4.78, 5) is 12.1. The molecule has 0 saturated heterocycles. The summed E-state index contributed by atoms with van der Waals surface area (Å²) in [5.41, 5.74) is 1.96. The van der Waals surface area contributed by atoms with Gasteiger partial charge < -0.3 is 10.1 Å². The summed E-state index contributed by atoms with van der Waals surface area (Å²) in [5, 5.41) is 4.84. The van der Waals surface area contributed by atoms with Crippen LogP contribution in [0.5, 0.6) is 0 Å². The van der Waals surface area contributed by atoms with E-state index in [1.807, 2.05) is 21.7 Å². The first-order valence-corrected chi connectivity index (χ1v) is 18.9. The Balaban J connectivity index is 1.91. The predicted octanol–water partition coefficient (Wildman–Crippen LogP) is 7.06. The zero-order chi connectivity index (χ0) is 28.4. The number of aryl methyl sites for hydroxylation is 1. The summed E-state index contributed by atoms with van der Waals surface area (Å²) >= 11 is 2.74. The van der Waals surface area contributed by atoms with Crippen LogP contribution in [0.25, 0.3) is 0 Å². The second-order valence-corrected chi connectivity index (χ2v) is 14.1. The molecule has 7 nitrogen and oxygen atoms in total. The molecule has 0 aliphatic rings. The molecule has 10 heteroatoms. The third-order valence-electron chi connectivity index (χ3n) is 6.92. The zero-order valence-electron chi connectivity index (χ0n) is 24.7. The number of rotatable bonds is 27. The van der Waals surface area contributed by atoms with Gasteiger partial charge in [-0.2, -0.15) is 4.57 Å². The molecular weight excluding hydrogens is 551 g/mol. The second kappa shape index (κ2) is 25.1. The molecule has 0 aromatic carbocycles. The first-order chi connectivity index (χ1) is 19.0. The van der Waals surface area contributed by atoms with Crippen LogP contribution in [0, 0.1) is 0 Å². The highest BCUT2D eigenvalue weighted by atomic mass is 32.2. The highest BCUT2D eigenvalue weighted by Gasteiger charge is 2.17. The van der Waals surface area contributed by atoms with Gasteiger partial charge in [-0.05, 0) is 6.42 Å². The van der Waals surface area contributed by atoms with Crippen molar-refractivity contribution in [1.29, 1.82) is 0 Å². The second-order valence-electron chi connectivity index (χ2n) is 10.5. The highest BCUT2D eigenvalue weighted by Crippen LogP contribution is 2.14. The van der Waals surface area contributed by atoms with Crippen LogP contribution in [-0.2, 0) is 21.3 Å². The number of unbranched alkanes of at least 4 members (excludes halogenated alkanes) is 15. The molecule has 1 heterocycles. The van der Waals surface area contributed by atoms with Crippen molar-refractivity contribution in [2.24, 2.45) is 0 Å². The third-order valence-corrected chi connectivity index (χ3v) is 9.97. The molecule has 39 heavy (non-hydrogen) atoms. The van der Waals surface area contributed by atoms with Crippen LogP contribution in [-0.4, -0.2) is 51.5 Å². The van der Waals surface area contributed by atoms with Crippen LogP contribution in [0.4, 0.5) is 4.79 Å². The van der Waals surface area contributed by atoms with E-state index in [0.29, 0.717) is 25.3 Å². The van der Waals surface area contributed by atoms with Crippen molar-refractivity contribution in [3.05, 3.63) is 17.1 Å². The lowest BCUT2D eigenvalue weighted by molar-refractivity contribution is -0.692. The van der Waals surface area contributed by atoms with E-state index in [1.165, 1.54) is 89.9 Å². The van der Waals surface area contributed by atoms with E-state index >= 15 is 0 Å². The Labute approximate surface area is 247 Å². The molecular formula is C29H56N3O4S3+. The first kappa shape index (κ1) is 36.3. The van der Waals surface area contributed by atoms with Crippen LogP contribution in [0.3, 0.4) is 0 Å². The maximum absolute atomic E-state index is 12.2. The van der Waals surface area contributed by atoms with E-state index in [-0.39, 0.29) is 23.6 Å². The fourth-order valence-corrected chi connectivity index (χ4v) is 6.93. The molecule has 0 radical (unpaired) electrons. The number of methoxy groups -OCH3 is 1. The van der Waals surface area contributed by atoms with Crippen LogP contribution in [0.1, 0.15) is 116 Å². The van der Waals surface area contributed by atoms with Crippen LogP contribution in [0.15, 0.2) is 17.1 Å². The summed E-state index contributed by atoms with van der Waals surface area (Å²) < 4.78 is 34.4. The van der Waals surface area contributed by atoms with Gasteiger partial charge in [0, 0.05) is 32.4 Å². The van der Waals surface area contributed by atoms with Gasteiger partial charge in [0.25, 0.3) is 5.24 Å². The smallest absolute Gasteiger partial charge is 0.279 e. The molecule has 0 aliphatic heterocycles. The van der Waals surface area contributed by atoms with Gasteiger partial charge in [0.15, 0.2) is 6.20 Å². The highest BCUT2D eigenvalue weighted by molar-refractivity contribution is 8.13. The van der Waals surface area contributed by atoms with Gasteiger partial charge in [0.2, 0.25) is 15.5 Å². The Hall–Kier alpha value is -0.680. The van der Waals surface area contributed by atoms with E-state index in [2.05, 4.69) is 17.0 Å². The van der Waals surface area contributed by atoms with E-state index in [0.717, 1.165) is 24.6 Å². The number of sulfonamides is 1. The Morgan fingerprint density at radius 3 is 1.97 bits per heavy atom. The van der Waals surface area contributed by atoms with Gasteiger partial charge in [0.05, 0.1) is 17.2 Å². The standard InChI is InChI=1S/C29H55N3O4S3/c1-3-4-5-6-7-8-9-10-11-12-13-14-15-16-17-18-20-30-29(33)38-26-28(36-2)25-31-39(34,35)24-19-21-32-22-23-37-27-32/h22-23,27-28,31H,3-21,24-26H2,1-2H3/p+1. The number of aromatic nitrogens is 1. The van der Waals surface area contributed by atoms with E-state index in [4.69, 9.17) is 4.74 Å². The van der Waals surface area contributed by atoms with Crippen LogP contribution in [0.2, 0.25) is 0 Å². The minimum absolute atomic E-state index is 0.0687. The van der Waals surface area contributed by atoms with Crippen molar-refractivity contribution in [1.82, 2.24) is 10.0 Å². The summed E-state index contributed by atoms with van der Waals surface area (Å²) in [7, 11) is -1.82. The number of hydrogen-bond donors (Lipinski definition) is 2. The minimum Gasteiger partial charge on any atom is -0.379 e. The van der Waals surface area contributed by atoms with Crippen molar-refractivity contribution in [3.8, 4) is 0 Å². The lowest BCUT2D eigenvalue weighted by atomic mass is 10.0. The Bertz CT molecular complexity index is 792. The van der Waals surface area contributed by atoms with Gasteiger partial charge >= 0.3 is 0 Å². The van der Waals surface area contributed by atoms with Crippen molar-refractivity contribution >= 4 is 38.4 Å². The van der Waals surface area contributed by atoms with Gasteiger partial charge in [-0.1, -0.05) is 126 Å². The third kappa shape index (κ3) is 22.7. The number of carbonyl (C=O) groups is 1. The summed E-state index contributed by atoms with van der Waals surface area (Å²) in [6.45, 7) is 3.81. The number of nitrogens with zero attached hydrogens (tertiary/aromatic N) is 1. The maximum Gasteiger partial charge on any atom is 0.279 e. The zero-order valence-corrected chi connectivity index (χ0v) is 27.1. The largest absolute Gasteiger partial charge is 0.379 e. The Morgan fingerprint density at radius 2 is 1.46 bits per heavy atom. The van der Waals surface area contributed by atoms with Gasteiger partial charge in [0.1, 0.15) is 6.54 Å². The number of thiazole rings is 1. The molecule has 0 fully saturated rings. The average Bonchev–Trinajstić information content (AvgIpc) is 3.44. The molecule has 1 rings (SSSR count). The van der Waals surface area contributed by atoms with Crippen LogP contribution < -0.4 is 14.6 Å². The van der Waals surface area contributed by atoms with E-state index in [9.17, 15) is 13.2 Å².